The van der Waals surface area contributed by atoms with Gasteiger partial charge in [-0.15, -0.1) is 5.10 Å². The number of nitrogens with zero attached hydrogens (tertiary/aromatic N) is 6. The fraction of sp³-hybridized carbons (Fsp3) is 0.933. The van der Waals surface area contributed by atoms with E-state index in [1.165, 1.54) is 25.9 Å². The Labute approximate surface area is 132 Å². The number of aromatic nitrogens is 4. The van der Waals surface area contributed by atoms with Crippen molar-refractivity contribution in [2.45, 2.75) is 45.3 Å². The summed E-state index contributed by atoms with van der Waals surface area (Å²) in [6.45, 7) is 10.6. The zero-order valence-electron chi connectivity index (χ0n) is 14.0. The van der Waals surface area contributed by atoms with Gasteiger partial charge < -0.3 is 4.74 Å². The maximum absolute atomic E-state index is 5.18. The molecule has 1 aromatic rings. The van der Waals surface area contributed by atoms with Gasteiger partial charge in [-0.2, -0.15) is 0 Å². The molecule has 3 rings (SSSR count). The molecule has 2 saturated heterocycles. The van der Waals surface area contributed by atoms with E-state index in [0.717, 1.165) is 25.0 Å². The van der Waals surface area contributed by atoms with Gasteiger partial charge in [-0.25, -0.2) is 4.68 Å². The normalized spacial score (nSPS) is 24.8. The fourth-order valence-corrected chi connectivity index (χ4v) is 3.91. The van der Waals surface area contributed by atoms with Crippen LogP contribution in [-0.4, -0.2) is 75.9 Å². The topological polar surface area (TPSA) is 59.3 Å². The summed E-state index contributed by atoms with van der Waals surface area (Å²) >= 11 is 0. The largest absolute Gasteiger partial charge is 0.383 e. The molecule has 0 N–H and O–H groups in total. The van der Waals surface area contributed by atoms with E-state index in [9.17, 15) is 0 Å². The minimum atomic E-state index is 0.287. The van der Waals surface area contributed by atoms with E-state index < -0.39 is 0 Å². The molecule has 2 unspecified atom stereocenters. The minimum absolute atomic E-state index is 0.287. The van der Waals surface area contributed by atoms with Crippen molar-refractivity contribution in [2.24, 2.45) is 5.92 Å². The third-order valence-electron chi connectivity index (χ3n) is 4.97. The zero-order chi connectivity index (χ0) is 15.5. The molecule has 7 nitrogen and oxygen atoms in total. The van der Waals surface area contributed by atoms with Crippen LogP contribution in [0.1, 0.15) is 38.6 Å². The molecule has 22 heavy (non-hydrogen) atoms. The monoisotopic (exact) mass is 308 g/mol. The lowest BCUT2D eigenvalue weighted by Gasteiger charge is -2.42. The van der Waals surface area contributed by atoms with Crippen molar-refractivity contribution in [2.75, 3.05) is 39.9 Å². The highest BCUT2D eigenvalue weighted by Crippen LogP contribution is 2.31. The van der Waals surface area contributed by atoms with E-state index in [1.807, 2.05) is 4.68 Å². The van der Waals surface area contributed by atoms with Crippen LogP contribution in [0.3, 0.4) is 0 Å². The number of rotatable bonds is 6. The summed E-state index contributed by atoms with van der Waals surface area (Å²) in [5.74, 6) is 1.47. The molecular weight excluding hydrogens is 280 g/mol. The molecule has 0 amide bonds. The summed E-state index contributed by atoms with van der Waals surface area (Å²) in [6.07, 6.45) is 2.67. The smallest absolute Gasteiger partial charge is 0.168 e. The summed E-state index contributed by atoms with van der Waals surface area (Å²) in [4.78, 5) is 5.23. The van der Waals surface area contributed by atoms with Crippen molar-refractivity contribution in [3.8, 4) is 0 Å². The molecule has 2 atom stereocenters. The molecule has 0 bridgehead atoms. The lowest BCUT2D eigenvalue weighted by molar-refractivity contribution is 0.0478. The minimum Gasteiger partial charge on any atom is -0.383 e. The number of tetrazole rings is 1. The molecule has 0 saturated carbocycles. The molecule has 7 heteroatoms. The van der Waals surface area contributed by atoms with E-state index >= 15 is 0 Å². The Morgan fingerprint density at radius 1 is 1.27 bits per heavy atom. The lowest BCUT2D eigenvalue weighted by atomic mass is 9.99. The predicted octanol–water partition coefficient (Wildman–Crippen LogP) is 0.797. The van der Waals surface area contributed by atoms with Crippen LogP contribution in [0.5, 0.6) is 0 Å². The predicted molar refractivity (Wildman–Crippen MR) is 83.4 cm³/mol. The van der Waals surface area contributed by atoms with E-state index in [4.69, 9.17) is 4.74 Å². The third-order valence-corrected chi connectivity index (χ3v) is 4.97. The first kappa shape index (κ1) is 15.8. The van der Waals surface area contributed by atoms with Gasteiger partial charge in [-0.3, -0.25) is 9.80 Å². The van der Waals surface area contributed by atoms with Crippen molar-refractivity contribution in [3.05, 3.63) is 5.82 Å². The summed E-state index contributed by atoms with van der Waals surface area (Å²) in [5, 5.41) is 12.4. The van der Waals surface area contributed by atoms with Crippen LogP contribution in [0.15, 0.2) is 0 Å². The van der Waals surface area contributed by atoms with Gasteiger partial charge in [0.25, 0.3) is 0 Å². The highest BCUT2D eigenvalue weighted by atomic mass is 16.5. The summed E-state index contributed by atoms with van der Waals surface area (Å²) < 4.78 is 7.09. The molecule has 124 valence electrons. The average molecular weight is 308 g/mol. The van der Waals surface area contributed by atoms with Crippen molar-refractivity contribution < 1.29 is 4.74 Å². The van der Waals surface area contributed by atoms with Gasteiger partial charge in [0.2, 0.25) is 0 Å². The number of ether oxygens (including phenoxy) is 1. The summed E-state index contributed by atoms with van der Waals surface area (Å²) in [6, 6.07) is 1.01. The number of methoxy groups -OCH3 is 1. The van der Waals surface area contributed by atoms with Crippen molar-refractivity contribution in [1.82, 2.24) is 30.0 Å². The molecule has 2 aliphatic rings. The van der Waals surface area contributed by atoms with Crippen LogP contribution in [-0.2, 0) is 11.3 Å². The lowest BCUT2D eigenvalue weighted by Crippen LogP contribution is -2.52. The Bertz CT molecular complexity index is 476. The number of hydrogen-bond acceptors (Lipinski definition) is 6. The second-order valence-electron chi connectivity index (χ2n) is 6.77. The third kappa shape index (κ3) is 3.16. The van der Waals surface area contributed by atoms with E-state index in [0.29, 0.717) is 19.1 Å². The average Bonchev–Trinajstić information content (AvgIpc) is 3.13. The fourth-order valence-electron chi connectivity index (χ4n) is 3.91. The van der Waals surface area contributed by atoms with Crippen molar-refractivity contribution >= 4 is 0 Å². The van der Waals surface area contributed by atoms with Crippen LogP contribution in [0, 0.1) is 5.92 Å². The van der Waals surface area contributed by atoms with Crippen LogP contribution in [0.4, 0.5) is 0 Å². The molecule has 0 aromatic carbocycles. The Balaban J connectivity index is 1.76. The van der Waals surface area contributed by atoms with Gasteiger partial charge in [0.1, 0.15) is 0 Å². The first-order chi connectivity index (χ1) is 10.7. The molecular formula is C15H28N6O. The van der Waals surface area contributed by atoms with Crippen molar-refractivity contribution in [3.63, 3.8) is 0 Å². The molecule has 0 radical (unpaired) electrons. The number of piperazine rings is 1. The van der Waals surface area contributed by atoms with Crippen LogP contribution >= 0.6 is 0 Å². The first-order valence-corrected chi connectivity index (χ1v) is 8.43. The van der Waals surface area contributed by atoms with Gasteiger partial charge in [-0.1, -0.05) is 13.8 Å². The maximum atomic E-state index is 5.18. The summed E-state index contributed by atoms with van der Waals surface area (Å²) in [5.41, 5.74) is 0. The highest BCUT2D eigenvalue weighted by Gasteiger charge is 2.36. The van der Waals surface area contributed by atoms with E-state index in [2.05, 4.69) is 39.2 Å². The van der Waals surface area contributed by atoms with E-state index in [1.54, 1.807) is 7.11 Å². The quantitative estimate of drug-likeness (QED) is 0.775. The number of fused-ring (bicyclic) bond motifs is 1. The highest BCUT2D eigenvalue weighted by molar-refractivity contribution is 4.99. The molecule has 1 aromatic heterocycles. The second-order valence-corrected chi connectivity index (χ2v) is 6.77. The van der Waals surface area contributed by atoms with Gasteiger partial charge in [-0.05, 0) is 35.7 Å². The maximum Gasteiger partial charge on any atom is 0.168 e. The standard InChI is InChI=1S/C15H28N6O/c1-12(2)14(15-16-17-18-21(15)9-10-22-3)20-8-7-19-6-4-5-13(19)11-20/h12-14H,4-11H2,1-3H3. The Kier molecular flexibility index (Phi) is 5.05. The second kappa shape index (κ2) is 7.02. The van der Waals surface area contributed by atoms with Gasteiger partial charge in [0, 0.05) is 32.8 Å². The Hall–Kier alpha value is -1.05. The zero-order valence-corrected chi connectivity index (χ0v) is 14.0. The Morgan fingerprint density at radius 3 is 2.91 bits per heavy atom. The SMILES string of the molecule is COCCn1nnnc1C(C(C)C)N1CCN2CCCC2C1. The van der Waals surface area contributed by atoms with Crippen LogP contribution < -0.4 is 0 Å². The Morgan fingerprint density at radius 2 is 2.14 bits per heavy atom. The van der Waals surface area contributed by atoms with Crippen LogP contribution in [0.25, 0.3) is 0 Å². The van der Waals surface area contributed by atoms with Gasteiger partial charge in [0.15, 0.2) is 5.82 Å². The number of hydrogen-bond donors (Lipinski definition) is 0. The van der Waals surface area contributed by atoms with Gasteiger partial charge >= 0.3 is 0 Å². The molecule has 2 fully saturated rings. The summed E-state index contributed by atoms with van der Waals surface area (Å²) in [7, 11) is 1.71. The molecule has 0 aliphatic carbocycles. The molecule has 3 heterocycles. The molecule has 2 aliphatic heterocycles. The van der Waals surface area contributed by atoms with E-state index in [-0.39, 0.29) is 6.04 Å². The first-order valence-electron chi connectivity index (χ1n) is 8.43. The van der Waals surface area contributed by atoms with Gasteiger partial charge in [0.05, 0.1) is 19.2 Å². The van der Waals surface area contributed by atoms with Crippen molar-refractivity contribution in [1.29, 1.82) is 0 Å². The van der Waals surface area contributed by atoms with Crippen LogP contribution in [0.2, 0.25) is 0 Å². The molecule has 0 spiro atoms.